The molecule has 0 unspecified atom stereocenters. The summed E-state index contributed by atoms with van der Waals surface area (Å²) in [6.45, 7) is 11.0. The second-order valence-corrected chi connectivity index (χ2v) is 5.11. The lowest BCUT2D eigenvalue weighted by Crippen LogP contribution is -2.43. The summed E-state index contributed by atoms with van der Waals surface area (Å²) in [5.41, 5.74) is 0. The predicted molar refractivity (Wildman–Crippen MR) is 75.6 cm³/mol. The van der Waals surface area contributed by atoms with Crippen molar-refractivity contribution in [1.29, 1.82) is 0 Å². The van der Waals surface area contributed by atoms with Crippen molar-refractivity contribution in [3.63, 3.8) is 0 Å². The molecule has 2 rings (SSSR count). The Kier molecular flexibility index (Phi) is 9.66. The van der Waals surface area contributed by atoms with Crippen LogP contribution in [0.15, 0.2) is 0 Å². The lowest BCUT2D eigenvalue weighted by molar-refractivity contribution is 0.236. The summed E-state index contributed by atoms with van der Waals surface area (Å²) in [5.74, 6) is 0. The van der Waals surface area contributed by atoms with E-state index < -0.39 is 0 Å². The zero-order valence-electron chi connectivity index (χ0n) is 11.6. The van der Waals surface area contributed by atoms with E-state index in [9.17, 15) is 0 Å². The standard InChI is InChI=1S/C9H20N2.C5H11N/c1-2-3-4-7-11-8-5-10-6-9-11;1-2-4-6-5-3-1/h10H,2-9H2,1H3;6H,1-5H2. The smallest absolute Gasteiger partial charge is 0.0107 e. The van der Waals surface area contributed by atoms with Crippen LogP contribution in [0.4, 0.5) is 0 Å². The van der Waals surface area contributed by atoms with Gasteiger partial charge in [0.2, 0.25) is 0 Å². The summed E-state index contributed by atoms with van der Waals surface area (Å²) in [7, 11) is 0. The van der Waals surface area contributed by atoms with E-state index in [2.05, 4.69) is 22.5 Å². The number of unbranched alkanes of at least 4 members (excludes halogenated alkanes) is 2. The Morgan fingerprint density at radius 1 is 0.824 bits per heavy atom. The number of rotatable bonds is 4. The van der Waals surface area contributed by atoms with Gasteiger partial charge in [-0.2, -0.15) is 0 Å². The van der Waals surface area contributed by atoms with Crippen LogP contribution >= 0.6 is 0 Å². The second-order valence-electron chi connectivity index (χ2n) is 5.11. The first-order valence-corrected chi connectivity index (χ1v) is 7.57. The summed E-state index contributed by atoms with van der Waals surface area (Å²) in [6.07, 6.45) is 8.33. The largest absolute Gasteiger partial charge is 0.317 e. The average Bonchev–Trinajstić information content (AvgIpc) is 2.43. The van der Waals surface area contributed by atoms with Crippen LogP contribution in [-0.2, 0) is 0 Å². The van der Waals surface area contributed by atoms with Crippen molar-refractivity contribution >= 4 is 0 Å². The molecule has 0 bridgehead atoms. The van der Waals surface area contributed by atoms with Crippen LogP contribution in [0.1, 0.15) is 45.4 Å². The van der Waals surface area contributed by atoms with E-state index in [0.717, 1.165) is 0 Å². The number of piperazine rings is 1. The highest BCUT2D eigenvalue weighted by Gasteiger charge is 2.07. The molecule has 0 aromatic heterocycles. The quantitative estimate of drug-likeness (QED) is 0.736. The van der Waals surface area contributed by atoms with Gasteiger partial charge >= 0.3 is 0 Å². The molecular formula is C14H31N3. The first-order valence-electron chi connectivity index (χ1n) is 7.57. The minimum atomic E-state index is 1.19. The van der Waals surface area contributed by atoms with Gasteiger partial charge in [0.1, 0.15) is 0 Å². The van der Waals surface area contributed by atoms with E-state index in [1.54, 1.807) is 0 Å². The number of hydrogen-bond acceptors (Lipinski definition) is 3. The molecule has 0 aromatic rings. The van der Waals surface area contributed by atoms with Crippen molar-refractivity contribution in [2.24, 2.45) is 0 Å². The van der Waals surface area contributed by atoms with Gasteiger partial charge in [0.25, 0.3) is 0 Å². The highest BCUT2D eigenvalue weighted by atomic mass is 15.2. The number of nitrogens with zero attached hydrogens (tertiary/aromatic N) is 1. The summed E-state index contributed by atoms with van der Waals surface area (Å²) in [6, 6.07) is 0. The Hall–Kier alpha value is -0.120. The molecule has 0 aliphatic carbocycles. The monoisotopic (exact) mass is 241 g/mol. The molecule has 0 atom stereocenters. The van der Waals surface area contributed by atoms with Crippen molar-refractivity contribution in [3.05, 3.63) is 0 Å². The minimum Gasteiger partial charge on any atom is -0.317 e. The van der Waals surface area contributed by atoms with Crippen LogP contribution in [0, 0.1) is 0 Å². The first-order chi connectivity index (χ1) is 8.43. The van der Waals surface area contributed by atoms with E-state index in [-0.39, 0.29) is 0 Å². The maximum atomic E-state index is 3.36. The van der Waals surface area contributed by atoms with Gasteiger partial charge in [-0.3, -0.25) is 0 Å². The third-order valence-corrected chi connectivity index (χ3v) is 3.49. The zero-order chi connectivity index (χ0) is 12.2. The topological polar surface area (TPSA) is 27.3 Å². The number of nitrogens with one attached hydrogen (secondary N) is 2. The van der Waals surface area contributed by atoms with Crippen molar-refractivity contribution in [2.45, 2.75) is 45.4 Å². The minimum absolute atomic E-state index is 1.19. The van der Waals surface area contributed by atoms with E-state index in [1.165, 1.54) is 84.3 Å². The molecule has 102 valence electrons. The first kappa shape index (κ1) is 14.9. The van der Waals surface area contributed by atoms with Crippen LogP contribution in [-0.4, -0.2) is 50.7 Å². The lowest BCUT2D eigenvalue weighted by Gasteiger charge is -2.26. The molecule has 0 radical (unpaired) electrons. The Bertz CT molecular complexity index is 140. The van der Waals surface area contributed by atoms with E-state index in [4.69, 9.17) is 0 Å². The van der Waals surface area contributed by atoms with Crippen LogP contribution in [0.5, 0.6) is 0 Å². The summed E-state index contributed by atoms with van der Waals surface area (Å²) < 4.78 is 0. The lowest BCUT2D eigenvalue weighted by atomic mass is 10.2. The molecule has 2 heterocycles. The van der Waals surface area contributed by atoms with Gasteiger partial charge < -0.3 is 15.5 Å². The van der Waals surface area contributed by atoms with Crippen LogP contribution < -0.4 is 10.6 Å². The van der Waals surface area contributed by atoms with E-state index in [1.807, 2.05) is 0 Å². The van der Waals surface area contributed by atoms with Crippen molar-refractivity contribution in [3.8, 4) is 0 Å². The molecule has 3 nitrogen and oxygen atoms in total. The number of hydrogen-bond donors (Lipinski definition) is 2. The summed E-state index contributed by atoms with van der Waals surface area (Å²) >= 11 is 0. The van der Waals surface area contributed by atoms with E-state index >= 15 is 0 Å². The molecule has 0 amide bonds. The van der Waals surface area contributed by atoms with Crippen LogP contribution in [0.3, 0.4) is 0 Å². The molecule has 17 heavy (non-hydrogen) atoms. The molecule has 2 aliphatic heterocycles. The molecule has 0 spiro atoms. The highest BCUT2D eigenvalue weighted by molar-refractivity contribution is 4.66. The van der Waals surface area contributed by atoms with Crippen molar-refractivity contribution in [2.75, 3.05) is 45.8 Å². The van der Waals surface area contributed by atoms with Crippen LogP contribution in [0.25, 0.3) is 0 Å². The fourth-order valence-electron chi connectivity index (χ4n) is 2.32. The van der Waals surface area contributed by atoms with Gasteiger partial charge in [-0.05, 0) is 38.9 Å². The molecule has 0 saturated carbocycles. The molecule has 3 heteroatoms. The zero-order valence-corrected chi connectivity index (χ0v) is 11.6. The fraction of sp³-hybridized carbons (Fsp3) is 1.00. The Morgan fingerprint density at radius 2 is 1.47 bits per heavy atom. The van der Waals surface area contributed by atoms with E-state index in [0.29, 0.717) is 0 Å². The molecule has 2 aliphatic rings. The highest BCUT2D eigenvalue weighted by Crippen LogP contribution is 1.99. The third-order valence-electron chi connectivity index (χ3n) is 3.49. The maximum absolute atomic E-state index is 3.36. The maximum Gasteiger partial charge on any atom is 0.0107 e. The Morgan fingerprint density at radius 3 is 1.94 bits per heavy atom. The Balaban J connectivity index is 0.000000202. The molecular weight excluding hydrogens is 210 g/mol. The third kappa shape index (κ3) is 8.58. The average molecular weight is 241 g/mol. The molecule has 2 fully saturated rings. The van der Waals surface area contributed by atoms with Gasteiger partial charge in [-0.25, -0.2) is 0 Å². The van der Waals surface area contributed by atoms with Gasteiger partial charge in [-0.15, -0.1) is 0 Å². The normalized spacial score (nSPS) is 21.7. The molecule has 0 aromatic carbocycles. The van der Waals surface area contributed by atoms with Crippen LogP contribution in [0.2, 0.25) is 0 Å². The Labute approximate surface area is 107 Å². The summed E-state index contributed by atoms with van der Waals surface area (Å²) in [4.78, 5) is 2.56. The SMILES string of the molecule is C1CCNCC1.CCCCCN1CCNCC1. The summed E-state index contributed by atoms with van der Waals surface area (Å²) in [5, 5.41) is 6.65. The second kappa shape index (κ2) is 11.0. The fourth-order valence-corrected chi connectivity index (χ4v) is 2.32. The molecule has 2 N–H and O–H groups in total. The number of piperidine rings is 1. The molecule has 2 saturated heterocycles. The van der Waals surface area contributed by atoms with Gasteiger partial charge in [0.05, 0.1) is 0 Å². The van der Waals surface area contributed by atoms with Crippen molar-refractivity contribution < 1.29 is 0 Å². The van der Waals surface area contributed by atoms with Crippen molar-refractivity contribution in [1.82, 2.24) is 15.5 Å². The predicted octanol–water partition coefficient (Wildman–Crippen LogP) is 1.84. The van der Waals surface area contributed by atoms with Gasteiger partial charge in [0, 0.05) is 26.2 Å². The van der Waals surface area contributed by atoms with Gasteiger partial charge in [0.15, 0.2) is 0 Å². The van der Waals surface area contributed by atoms with Gasteiger partial charge in [-0.1, -0.05) is 26.2 Å².